The number of nitrogens with one attached hydrogen (secondary N) is 1. The number of aliphatic hydroxyl groups excluding tert-OH is 1. The first kappa shape index (κ1) is 23.2. The van der Waals surface area contributed by atoms with Gasteiger partial charge in [0.2, 0.25) is 18.6 Å². The number of carbonyl (C=O) groups excluding carboxylic acids is 2. The lowest BCUT2D eigenvalue weighted by atomic mass is 9.86. The van der Waals surface area contributed by atoms with Gasteiger partial charge in [0, 0.05) is 43.3 Å². The quantitative estimate of drug-likeness (QED) is 0.654. The summed E-state index contributed by atoms with van der Waals surface area (Å²) in [7, 11) is 0. The standard InChI is InChI=1S/C26H29N3O6/c1-3-5-16-7-8-18-24-23(25(32)27-11-15-6-9-20-21(10-15)35-14-34-20)17(13-30)19(12-28(18)26(16)33)29(24)22(31)4-2/h3,5-10,17,19,23-24,30H,4,11-14H2,1-2H3,(H,27,32)/b5-3+/t17-,19-,23+,24+/m0/s1. The number of amides is 2. The molecule has 35 heavy (non-hydrogen) atoms. The predicted octanol–water partition coefficient (Wildman–Crippen LogP) is 1.83. The van der Waals surface area contributed by atoms with Crippen molar-refractivity contribution in [2.75, 3.05) is 13.4 Å². The Bertz CT molecular complexity index is 1250. The van der Waals surface area contributed by atoms with Crippen molar-refractivity contribution in [1.82, 2.24) is 14.8 Å². The second kappa shape index (κ2) is 9.22. The highest BCUT2D eigenvalue weighted by Gasteiger charge is 2.57. The molecule has 5 rings (SSSR count). The Morgan fingerprint density at radius 2 is 2.00 bits per heavy atom. The molecule has 0 saturated carbocycles. The van der Waals surface area contributed by atoms with Crippen molar-refractivity contribution in [3.8, 4) is 11.5 Å². The average Bonchev–Trinajstić information content (AvgIpc) is 3.43. The van der Waals surface area contributed by atoms with Gasteiger partial charge in [0.25, 0.3) is 5.56 Å². The summed E-state index contributed by atoms with van der Waals surface area (Å²) >= 11 is 0. The summed E-state index contributed by atoms with van der Waals surface area (Å²) in [6.45, 7) is 4.04. The van der Waals surface area contributed by atoms with E-state index >= 15 is 0 Å². The molecule has 9 nitrogen and oxygen atoms in total. The van der Waals surface area contributed by atoms with E-state index in [9.17, 15) is 19.5 Å². The van der Waals surface area contributed by atoms with Crippen LogP contribution < -0.4 is 20.3 Å². The Balaban J connectivity index is 1.48. The lowest BCUT2D eigenvalue weighted by Gasteiger charge is -2.38. The van der Waals surface area contributed by atoms with Crippen LogP contribution in [0.5, 0.6) is 11.5 Å². The van der Waals surface area contributed by atoms with Crippen LogP contribution in [0.4, 0.5) is 0 Å². The van der Waals surface area contributed by atoms with Crippen molar-refractivity contribution in [1.29, 1.82) is 0 Å². The summed E-state index contributed by atoms with van der Waals surface area (Å²) in [5.41, 5.74) is 1.87. The topological polar surface area (TPSA) is 110 Å². The third kappa shape index (κ3) is 3.80. The first-order valence-corrected chi connectivity index (χ1v) is 11.9. The van der Waals surface area contributed by atoms with Crippen LogP contribution in [-0.2, 0) is 22.7 Å². The lowest BCUT2D eigenvalue weighted by Crippen LogP contribution is -2.49. The highest BCUT2D eigenvalue weighted by Crippen LogP contribution is 2.48. The number of allylic oxidation sites excluding steroid dienone is 1. The zero-order valence-corrected chi connectivity index (χ0v) is 19.8. The maximum Gasteiger partial charge on any atom is 0.258 e. The number of aromatic nitrogens is 1. The molecule has 9 heteroatoms. The van der Waals surface area contributed by atoms with Crippen LogP contribution in [0.2, 0.25) is 0 Å². The molecule has 2 amide bonds. The van der Waals surface area contributed by atoms with Crippen molar-refractivity contribution >= 4 is 17.9 Å². The fourth-order valence-electron chi connectivity index (χ4n) is 5.61. The molecule has 1 fully saturated rings. The van der Waals surface area contributed by atoms with Gasteiger partial charge in [0.1, 0.15) is 0 Å². The van der Waals surface area contributed by atoms with Gasteiger partial charge in [0.15, 0.2) is 11.5 Å². The normalized spacial score (nSPS) is 24.0. The van der Waals surface area contributed by atoms with Crippen LogP contribution in [-0.4, -0.2) is 45.8 Å². The number of hydrogen-bond donors (Lipinski definition) is 2. The van der Waals surface area contributed by atoms with E-state index in [-0.39, 0.29) is 50.3 Å². The predicted molar refractivity (Wildman–Crippen MR) is 128 cm³/mol. The summed E-state index contributed by atoms with van der Waals surface area (Å²) < 4.78 is 12.4. The average molecular weight is 480 g/mol. The number of fused-ring (bicyclic) bond motifs is 5. The summed E-state index contributed by atoms with van der Waals surface area (Å²) in [5, 5.41) is 13.3. The van der Waals surface area contributed by atoms with Gasteiger partial charge in [-0.1, -0.05) is 25.1 Å². The monoisotopic (exact) mass is 479 g/mol. The number of ether oxygens (including phenoxy) is 2. The van der Waals surface area contributed by atoms with Crippen LogP contribution in [0, 0.1) is 11.8 Å². The summed E-state index contributed by atoms with van der Waals surface area (Å²) in [6, 6.07) is 7.98. The van der Waals surface area contributed by atoms with E-state index in [1.807, 2.05) is 25.1 Å². The number of benzene rings is 1. The molecule has 4 heterocycles. The number of aliphatic hydroxyl groups is 1. The third-order valence-electron chi connectivity index (χ3n) is 7.22. The first-order valence-electron chi connectivity index (χ1n) is 11.9. The molecule has 2 bridgehead atoms. The molecule has 1 aromatic carbocycles. The molecule has 184 valence electrons. The number of hydrogen-bond acceptors (Lipinski definition) is 6. The molecule has 4 atom stereocenters. The largest absolute Gasteiger partial charge is 0.454 e. The Hall–Kier alpha value is -3.59. The van der Waals surface area contributed by atoms with Crippen molar-refractivity contribution < 1.29 is 24.2 Å². The van der Waals surface area contributed by atoms with Gasteiger partial charge in [-0.2, -0.15) is 0 Å². The van der Waals surface area contributed by atoms with Gasteiger partial charge in [0.05, 0.1) is 18.0 Å². The SMILES string of the molecule is C/C=C/c1ccc2n(c1=O)C[C@H]1[C@H](CO)[C@@H](C(=O)NCc3ccc4c(c3)OCO4)[C@@H]2N1C(=O)CC. The molecular weight excluding hydrogens is 450 g/mol. The summed E-state index contributed by atoms with van der Waals surface area (Å²) in [4.78, 5) is 41.5. The van der Waals surface area contributed by atoms with Crippen LogP contribution in [0.3, 0.4) is 0 Å². The van der Waals surface area contributed by atoms with Gasteiger partial charge >= 0.3 is 0 Å². The molecule has 1 aromatic heterocycles. The number of pyridine rings is 1. The van der Waals surface area contributed by atoms with E-state index < -0.39 is 23.9 Å². The maximum absolute atomic E-state index is 13.6. The molecule has 0 radical (unpaired) electrons. The van der Waals surface area contributed by atoms with Crippen LogP contribution in [0.15, 0.2) is 41.2 Å². The number of carbonyl (C=O) groups is 2. The zero-order valence-electron chi connectivity index (χ0n) is 19.8. The second-order valence-corrected chi connectivity index (χ2v) is 9.07. The van der Waals surface area contributed by atoms with E-state index in [1.54, 1.807) is 40.7 Å². The van der Waals surface area contributed by atoms with E-state index in [0.717, 1.165) is 5.56 Å². The fourth-order valence-corrected chi connectivity index (χ4v) is 5.61. The minimum Gasteiger partial charge on any atom is -0.454 e. The molecule has 1 saturated heterocycles. The lowest BCUT2D eigenvalue weighted by molar-refractivity contribution is -0.136. The molecule has 3 aliphatic rings. The van der Waals surface area contributed by atoms with Crippen LogP contribution in [0.25, 0.3) is 6.08 Å². The molecule has 3 aliphatic heterocycles. The zero-order chi connectivity index (χ0) is 24.7. The summed E-state index contributed by atoms with van der Waals surface area (Å²) in [6.07, 6.45) is 3.83. The van der Waals surface area contributed by atoms with Gasteiger partial charge in [-0.25, -0.2) is 0 Å². The molecule has 2 N–H and O–H groups in total. The Labute approximate surface area is 203 Å². The van der Waals surface area contributed by atoms with Crippen molar-refractivity contribution in [3.05, 3.63) is 63.6 Å². The second-order valence-electron chi connectivity index (χ2n) is 9.07. The smallest absolute Gasteiger partial charge is 0.258 e. The minimum atomic E-state index is -0.685. The third-order valence-corrected chi connectivity index (χ3v) is 7.22. The van der Waals surface area contributed by atoms with Gasteiger partial charge in [-0.05, 0) is 36.8 Å². The number of nitrogens with zero attached hydrogens (tertiary/aromatic N) is 2. The van der Waals surface area contributed by atoms with Gasteiger partial charge < -0.3 is 29.4 Å². The highest BCUT2D eigenvalue weighted by atomic mass is 16.7. The fraction of sp³-hybridized carbons (Fsp3) is 0.423. The van der Waals surface area contributed by atoms with Crippen LogP contribution >= 0.6 is 0 Å². The van der Waals surface area contributed by atoms with E-state index in [4.69, 9.17) is 9.47 Å². The Kier molecular flexibility index (Phi) is 6.10. The highest BCUT2D eigenvalue weighted by molar-refractivity contribution is 5.84. The first-order chi connectivity index (χ1) is 17.0. The van der Waals surface area contributed by atoms with Gasteiger partial charge in [-0.15, -0.1) is 0 Å². The van der Waals surface area contributed by atoms with Gasteiger partial charge in [-0.3, -0.25) is 14.4 Å². The Morgan fingerprint density at radius 1 is 1.20 bits per heavy atom. The van der Waals surface area contributed by atoms with E-state index in [2.05, 4.69) is 5.32 Å². The Morgan fingerprint density at radius 3 is 2.74 bits per heavy atom. The molecular formula is C26H29N3O6. The molecule has 0 unspecified atom stereocenters. The van der Waals surface area contributed by atoms with E-state index in [0.29, 0.717) is 22.8 Å². The minimum absolute atomic E-state index is 0.0965. The number of rotatable bonds is 6. The maximum atomic E-state index is 13.6. The van der Waals surface area contributed by atoms with Crippen LogP contribution in [0.1, 0.15) is 43.1 Å². The molecule has 0 spiro atoms. The molecule has 0 aliphatic carbocycles. The van der Waals surface area contributed by atoms with Crippen molar-refractivity contribution in [2.24, 2.45) is 11.8 Å². The summed E-state index contributed by atoms with van der Waals surface area (Å²) in [5.74, 6) is -0.237. The van der Waals surface area contributed by atoms with Crippen molar-refractivity contribution in [3.63, 3.8) is 0 Å². The van der Waals surface area contributed by atoms with Crippen molar-refractivity contribution in [2.45, 2.75) is 45.4 Å². The molecule has 2 aromatic rings. The van der Waals surface area contributed by atoms with E-state index in [1.165, 1.54) is 0 Å².